The molecule has 1 aliphatic heterocycles. The van der Waals surface area contributed by atoms with Crippen LogP contribution < -0.4 is 10.1 Å². The topological polar surface area (TPSA) is 56.2 Å². The average molecular weight is 456 g/mol. The third-order valence-electron chi connectivity index (χ3n) is 5.72. The number of rotatable bonds is 5. The van der Waals surface area contributed by atoms with Crippen LogP contribution >= 0.6 is 11.8 Å². The van der Waals surface area contributed by atoms with E-state index in [2.05, 4.69) is 48.6 Å². The van der Waals surface area contributed by atoms with Crippen molar-refractivity contribution in [2.24, 2.45) is 0 Å². The Morgan fingerprint density at radius 2 is 1.73 bits per heavy atom. The molecule has 1 atom stereocenters. The number of carbonyl (C=O) groups is 1. The Bertz CT molecular complexity index is 1270. The Labute approximate surface area is 197 Å². The fraction of sp³-hybridized carbons (Fsp3) is 0.185. The lowest BCUT2D eigenvalue weighted by molar-refractivity contribution is -0.113. The van der Waals surface area contributed by atoms with Gasteiger partial charge in [0.15, 0.2) is 0 Å². The van der Waals surface area contributed by atoms with Gasteiger partial charge < -0.3 is 10.1 Å². The molecule has 1 N–H and O–H groups in total. The number of hydrogen-bond donors (Lipinski definition) is 1. The quantitative estimate of drug-likeness (QED) is 0.411. The van der Waals surface area contributed by atoms with Crippen LogP contribution in [0.1, 0.15) is 33.2 Å². The second-order valence-corrected chi connectivity index (χ2v) is 9.27. The maximum atomic E-state index is 12.6. The molecular formula is C27H25N3O2S. The number of amides is 1. The minimum Gasteiger partial charge on any atom is -0.489 e. The number of ether oxygens (including phenoxy) is 1. The second-order valence-electron chi connectivity index (χ2n) is 8.18. The zero-order valence-electron chi connectivity index (χ0n) is 18.6. The van der Waals surface area contributed by atoms with E-state index < -0.39 is 0 Å². The summed E-state index contributed by atoms with van der Waals surface area (Å²) < 4.78 is 7.80. The standard InChI is InChI=1S/C27H25N3O2S/c1-18-8-12-22(13-9-18)30-27-25(19(2)29-30)26(33-17-24(31)28-27)21-10-14-23(15-11-21)32-16-20-6-4-3-5-7-20/h3-15,26H,16-17H2,1-2H3,(H,28,31)/t26-/m0/s1. The molecule has 0 aliphatic carbocycles. The highest BCUT2D eigenvalue weighted by atomic mass is 32.2. The highest BCUT2D eigenvalue weighted by molar-refractivity contribution is 8.00. The summed E-state index contributed by atoms with van der Waals surface area (Å²) in [5.41, 5.74) is 6.33. The number of nitrogens with zero attached hydrogens (tertiary/aromatic N) is 2. The number of thioether (sulfide) groups is 1. The maximum Gasteiger partial charge on any atom is 0.235 e. The van der Waals surface area contributed by atoms with Crippen LogP contribution in [0.3, 0.4) is 0 Å². The lowest BCUT2D eigenvalue weighted by Crippen LogP contribution is -2.15. The molecule has 0 radical (unpaired) electrons. The van der Waals surface area contributed by atoms with Gasteiger partial charge in [-0.3, -0.25) is 4.79 Å². The molecule has 33 heavy (non-hydrogen) atoms. The molecule has 3 aromatic carbocycles. The van der Waals surface area contributed by atoms with E-state index in [9.17, 15) is 4.79 Å². The van der Waals surface area contributed by atoms with E-state index in [-0.39, 0.29) is 11.2 Å². The molecule has 166 valence electrons. The lowest BCUT2D eigenvalue weighted by Gasteiger charge is -2.16. The van der Waals surface area contributed by atoms with E-state index in [1.807, 2.05) is 54.1 Å². The Morgan fingerprint density at radius 3 is 2.45 bits per heavy atom. The third-order valence-corrected chi connectivity index (χ3v) is 6.99. The molecule has 0 saturated heterocycles. The summed E-state index contributed by atoms with van der Waals surface area (Å²) >= 11 is 1.62. The predicted molar refractivity (Wildman–Crippen MR) is 133 cm³/mol. The lowest BCUT2D eigenvalue weighted by atomic mass is 10.0. The smallest absolute Gasteiger partial charge is 0.235 e. The van der Waals surface area contributed by atoms with Crippen LogP contribution in [0.15, 0.2) is 78.9 Å². The number of nitrogens with one attached hydrogen (secondary N) is 1. The number of aromatic nitrogens is 2. The summed E-state index contributed by atoms with van der Waals surface area (Å²) in [4.78, 5) is 12.6. The fourth-order valence-corrected chi connectivity index (χ4v) is 5.19. The fourth-order valence-electron chi connectivity index (χ4n) is 4.00. The third kappa shape index (κ3) is 4.52. The summed E-state index contributed by atoms with van der Waals surface area (Å²) in [6.45, 7) is 4.59. The maximum absolute atomic E-state index is 12.6. The Morgan fingerprint density at radius 1 is 1.00 bits per heavy atom. The van der Waals surface area contributed by atoms with Gasteiger partial charge in [-0.1, -0.05) is 60.2 Å². The molecule has 4 aromatic rings. The summed E-state index contributed by atoms with van der Waals surface area (Å²) in [5, 5.41) is 7.88. The molecule has 6 heteroatoms. The Kier molecular flexibility index (Phi) is 5.92. The molecule has 1 aromatic heterocycles. The van der Waals surface area contributed by atoms with E-state index in [0.29, 0.717) is 12.4 Å². The number of fused-ring (bicyclic) bond motifs is 1. The normalized spacial score (nSPS) is 15.5. The number of anilines is 1. The molecule has 5 nitrogen and oxygen atoms in total. The van der Waals surface area contributed by atoms with E-state index in [0.717, 1.165) is 39.6 Å². The molecule has 5 rings (SSSR count). The SMILES string of the molecule is Cc1ccc(-n2nc(C)c3c2NC(=O)CS[C@H]3c2ccc(OCc3ccccc3)cc2)cc1. The number of aryl methyl sites for hydroxylation is 2. The molecule has 0 bridgehead atoms. The van der Waals surface area contributed by atoms with Crippen molar-refractivity contribution in [1.82, 2.24) is 9.78 Å². The van der Waals surface area contributed by atoms with Gasteiger partial charge in [-0.15, -0.1) is 11.8 Å². The highest BCUT2D eigenvalue weighted by Crippen LogP contribution is 2.44. The van der Waals surface area contributed by atoms with Crippen LogP contribution in [-0.2, 0) is 11.4 Å². The minimum absolute atomic E-state index is 0.00122. The van der Waals surface area contributed by atoms with Crippen LogP contribution in [0.4, 0.5) is 5.82 Å². The van der Waals surface area contributed by atoms with Crippen molar-refractivity contribution >= 4 is 23.5 Å². The molecule has 1 aliphatic rings. The van der Waals surface area contributed by atoms with Gasteiger partial charge in [-0.25, -0.2) is 4.68 Å². The molecule has 0 spiro atoms. The van der Waals surface area contributed by atoms with Crippen LogP contribution in [0, 0.1) is 13.8 Å². The number of carbonyl (C=O) groups excluding carboxylic acids is 1. The average Bonchev–Trinajstić information content (AvgIpc) is 3.04. The largest absolute Gasteiger partial charge is 0.489 e. The van der Waals surface area contributed by atoms with Crippen LogP contribution in [-0.4, -0.2) is 21.4 Å². The van der Waals surface area contributed by atoms with Crippen molar-refractivity contribution in [2.75, 3.05) is 11.1 Å². The van der Waals surface area contributed by atoms with Gasteiger partial charge in [-0.2, -0.15) is 5.10 Å². The van der Waals surface area contributed by atoms with Crippen molar-refractivity contribution in [1.29, 1.82) is 0 Å². The van der Waals surface area contributed by atoms with Gasteiger partial charge in [-0.05, 0) is 49.2 Å². The van der Waals surface area contributed by atoms with Gasteiger partial charge in [0.05, 0.1) is 22.4 Å². The van der Waals surface area contributed by atoms with E-state index >= 15 is 0 Å². The van der Waals surface area contributed by atoms with Gasteiger partial charge in [0.2, 0.25) is 5.91 Å². The van der Waals surface area contributed by atoms with Crippen LogP contribution in [0.25, 0.3) is 5.69 Å². The summed E-state index contributed by atoms with van der Waals surface area (Å²) in [5.74, 6) is 1.95. The van der Waals surface area contributed by atoms with Crippen molar-refractivity contribution in [3.8, 4) is 11.4 Å². The van der Waals surface area contributed by atoms with E-state index in [4.69, 9.17) is 9.84 Å². The number of benzene rings is 3. The minimum atomic E-state index is -0.0140. The first-order chi connectivity index (χ1) is 16.1. The van der Waals surface area contributed by atoms with Crippen LogP contribution in [0.2, 0.25) is 0 Å². The Hall–Kier alpha value is -3.51. The van der Waals surface area contributed by atoms with E-state index in [1.54, 1.807) is 11.8 Å². The van der Waals surface area contributed by atoms with Crippen molar-refractivity contribution in [3.63, 3.8) is 0 Å². The first-order valence-electron chi connectivity index (χ1n) is 10.9. The Balaban J connectivity index is 1.45. The molecule has 0 fully saturated rings. The zero-order chi connectivity index (χ0) is 22.8. The van der Waals surface area contributed by atoms with Gasteiger partial charge >= 0.3 is 0 Å². The van der Waals surface area contributed by atoms with Gasteiger partial charge in [0.25, 0.3) is 0 Å². The van der Waals surface area contributed by atoms with Gasteiger partial charge in [0, 0.05) is 5.56 Å². The number of hydrogen-bond acceptors (Lipinski definition) is 4. The molecule has 1 amide bonds. The second kappa shape index (κ2) is 9.16. The van der Waals surface area contributed by atoms with Crippen molar-refractivity contribution < 1.29 is 9.53 Å². The summed E-state index contributed by atoms with van der Waals surface area (Å²) in [6, 6.07) is 26.5. The highest BCUT2D eigenvalue weighted by Gasteiger charge is 2.30. The molecule has 0 unspecified atom stereocenters. The molecule has 2 heterocycles. The summed E-state index contributed by atoms with van der Waals surface area (Å²) in [7, 11) is 0. The first kappa shape index (κ1) is 21.3. The predicted octanol–water partition coefficient (Wildman–Crippen LogP) is 5.84. The monoisotopic (exact) mass is 455 g/mol. The molecule has 0 saturated carbocycles. The zero-order valence-corrected chi connectivity index (χ0v) is 19.4. The van der Waals surface area contributed by atoms with Crippen molar-refractivity contribution in [3.05, 3.63) is 107 Å². The van der Waals surface area contributed by atoms with Crippen molar-refractivity contribution in [2.45, 2.75) is 25.7 Å². The first-order valence-corrected chi connectivity index (χ1v) is 12.0. The van der Waals surface area contributed by atoms with Crippen LogP contribution in [0.5, 0.6) is 5.75 Å². The summed E-state index contributed by atoms with van der Waals surface area (Å²) in [6.07, 6.45) is 0. The van der Waals surface area contributed by atoms with E-state index in [1.165, 1.54) is 5.56 Å². The van der Waals surface area contributed by atoms with Gasteiger partial charge in [0.1, 0.15) is 18.2 Å². The molecular weight excluding hydrogens is 430 g/mol.